The summed E-state index contributed by atoms with van der Waals surface area (Å²) in [6.45, 7) is 4.28. The van der Waals surface area contributed by atoms with Gasteiger partial charge in [0.25, 0.3) is 0 Å². The molecule has 0 saturated carbocycles. The Labute approximate surface area is 108 Å². The quantitative estimate of drug-likeness (QED) is 0.797. The molecule has 2 fully saturated rings. The highest BCUT2D eigenvalue weighted by Gasteiger charge is 2.18. The van der Waals surface area contributed by atoms with Crippen molar-refractivity contribution in [2.45, 2.75) is 25.7 Å². The van der Waals surface area contributed by atoms with E-state index >= 15 is 0 Å². The molecule has 0 spiro atoms. The summed E-state index contributed by atoms with van der Waals surface area (Å²) in [4.78, 5) is 9.33. The largest absolute Gasteiger partial charge is 0.357 e. The topological polar surface area (TPSA) is 43.2 Å². The lowest BCUT2D eigenvalue weighted by Gasteiger charge is -2.21. The van der Waals surface area contributed by atoms with Crippen molar-refractivity contribution in [2.75, 3.05) is 36.0 Å². The second-order valence-corrected chi connectivity index (χ2v) is 5.07. The number of nitrogens with zero attached hydrogens (tertiary/aromatic N) is 4. The number of hydrogen-bond donors (Lipinski definition) is 0. The summed E-state index contributed by atoms with van der Waals surface area (Å²) in [5.41, 5.74) is 0.730. The SMILES string of the molecule is N#Cc1cc(N2CCCC2)nc(N2CCCC2)c1. The second kappa shape index (κ2) is 4.85. The zero-order valence-electron chi connectivity index (χ0n) is 10.6. The van der Waals surface area contributed by atoms with Gasteiger partial charge >= 0.3 is 0 Å². The summed E-state index contributed by atoms with van der Waals surface area (Å²) in [5, 5.41) is 9.16. The van der Waals surface area contributed by atoms with Gasteiger partial charge < -0.3 is 9.80 Å². The van der Waals surface area contributed by atoms with Gasteiger partial charge in [0.15, 0.2) is 0 Å². The van der Waals surface area contributed by atoms with E-state index in [4.69, 9.17) is 10.2 Å². The number of anilines is 2. The number of nitriles is 1. The van der Waals surface area contributed by atoms with Crippen molar-refractivity contribution in [2.24, 2.45) is 0 Å². The van der Waals surface area contributed by atoms with Crippen LogP contribution >= 0.6 is 0 Å². The second-order valence-electron chi connectivity index (χ2n) is 5.07. The van der Waals surface area contributed by atoms with Gasteiger partial charge in [-0.3, -0.25) is 0 Å². The lowest BCUT2D eigenvalue weighted by Crippen LogP contribution is -2.23. The van der Waals surface area contributed by atoms with Crippen LogP contribution in [0.25, 0.3) is 0 Å². The highest BCUT2D eigenvalue weighted by Crippen LogP contribution is 2.25. The van der Waals surface area contributed by atoms with E-state index in [-0.39, 0.29) is 0 Å². The molecule has 0 aliphatic carbocycles. The summed E-state index contributed by atoms with van der Waals surface area (Å²) < 4.78 is 0. The minimum Gasteiger partial charge on any atom is -0.357 e. The summed E-state index contributed by atoms with van der Waals surface area (Å²) in [7, 11) is 0. The predicted molar refractivity (Wildman–Crippen MR) is 71.8 cm³/mol. The first kappa shape index (κ1) is 11.3. The van der Waals surface area contributed by atoms with Gasteiger partial charge in [0.1, 0.15) is 11.6 Å². The summed E-state index contributed by atoms with van der Waals surface area (Å²) in [6, 6.07) is 6.10. The Balaban J connectivity index is 1.93. The van der Waals surface area contributed by atoms with Crippen molar-refractivity contribution in [1.82, 2.24) is 4.98 Å². The van der Waals surface area contributed by atoms with E-state index in [2.05, 4.69) is 15.9 Å². The van der Waals surface area contributed by atoms with Gasteiger partial charge in [-0.25, -0.2) is 4.98 Å². The average molecular weight is 242 g/mol. The fourth-order valence-electron chi connectivity index (χ4n) is 2.78. The molecule has 4 nitrogen and oxygen atoms in total. The minimum atomic E-state index is 0.730. The van der Waals surface area contributed by atoms with E-state index in [9.17, 15) is 0 Å². The molecule has 1 aromatic heterocycles. The first-order valence-electron chi connectivity index (χ1n) is 6.79. The third-order valence-corrected chi connectivity index (χ3v) is 3.79. The van der Waals surface area contributed by atoms with Gasteiger partial charge in [-0.1, -0.05) is 0 Å². The van der Waals surface area contributed by atoms with E-state index in [0.717, 1.165) is 43.4 Å². The molecule has 2 saturated heterocycles. The van der Waals surface area contributed by atoms with Crippen molar-refractivity contribution in [3.05, 3.63) is 17.7 Å². The van der Waals surface area contributed by atoms with Crippen LogP contribution in [-0.4, -0.2) is 31.2 Å². The van der Waals surface area contributed by atoms with Gasteiger partial charge in [0.2, 0.25) is 0 Å². The molecule has 0 bridgehead atoms. The molecule has 3 rings (SSSR count). The lowest BCUT2D eigenvalue weighted by atomic mass is 10.2. The highest BCUT2D eigenvalue weighted by atomic mass is 15.3. The number of pyridine rings is 1. The Morgan fingerprint density at radius 2 is 1.33 bits per heavy atom. The molecule has 0 unspecified atom stereocenters. The molecule has 0 amide bonds. The third kappa shape index (κ3) is 2.13. The van der Waals surface area contributed by atoms with Gasteiger partial charge in [-0.05, 0) is 37.8 Å². The zero-order valence-corrected chi connectivity index (χ0v) is 10.6. The van der Waals surface area contributed by atoms with Crippen LogP contribution in [-0.2, 0) is 0 Å². The fourth-order valence-corrected chi connectivity index (χ4v) is 2.78. The Bertz CT molecular complexity index is 431. The number of rotatable bonds is 2. The van der Waals surface area contributed by atoms with Crippen LogP contribution in [0.4, 0.5) is 11.6 Å². The number of hydrogen-bond acceptors (Lipinski definition) is 4. The van der Waals surface area contributed by atoms with E-state index in [1.54, 1.807) is 0 Å². The molecular formula is C14H18N4. The molecule has 3 heterocycles. The van der Waals surface area contributed by atoms with Gasteiger partial charge in [0, 0.05) is 26.2 Å². The Kier molecular flexibility index (Phi) is 3.06. The van der Waals surface area contributed by atoms with Crippen molar-refractivity contribution in [3.63, 3.8) is 0 Å². The third-order valence-electron chi connectivity index (χ3n) is 3.79. The van der Waals surface area contributed by atoms with Crippen molar-refractivity contribution in [3.8, 4) is 6.07 Å². The molecular weight excluding hydrogens is 224 g/mol. The van der Waals surface area contributed by atoms with Crippen LogP contribution in [0.3, 0.4) is 0 Å². The van der Waals surface area contributed by atoms with Gasteiger partial charge in [-0.2, -0.15) is 5.26 Å². The minimum absolute atomic E-state index is 0.730. The van der Waals surface area contributed by atoms with Crippen LogP contribution in [0.1, 0.15) is 31.2 Å². The lowest BCUT2D eigenvalue weighted by molar-refractivity contribution is 0.900. The molecule has 0 aromatic carbocycles. The smallest absolute Gasteiger partial charge is 0.132 e. The molecule has 2 aliphatic heterocycles. The van der Waals surface area contributed by atoms with Crippen LogP contribution in [0, 0.1) is 11.3 Å². The Morgan fingerprint density at radius 3 is 1.72 bits per heavy atom. The maximum Gasteiger partial charge on any atom is 0.132 e. The van der Waals surface area contributed by atoms with E-state index in [1.165, 1.54) is 25.7 Å². The summed E-state index contributed by atoms with van der Waals surface area (Å²) in [6.07, 6.45) is 4.93. The average Bonchev–Trinajstić information content (AvgIpc) is 3.10. The van der Waals surface area contributed by atoms with Gasteiger partial charge in [-0.15, -0.1) is 0 Å². The molecule has 0 radical (unpaired) electrons. The van der Waals surface area contributed by atoms with Gasteiger partial charge in [0.05, 0.1) is 11.6 Å². The number of aromatic nitrogens is 1. The maximum atomic E-state index is 9.16. The normalized spacial score (nSPS) is 19.3. The standard InChI is InChI=1S/C14H18N4/c15-11-12-9-13(17-5-1-2-6-17)16-14(10-12)18-7-3-4-8-18/h9-10H,1-8H2. The maximum absolute atomic E-state index is 9.16. The fraction of sp³-hybridized carbons (Fsp3) is 0.571. The summed E-state index contributed by atoms with van der Waals surface area (Å²) in [5.74, 6) is 1.96. The summed E-state index contributed by atoms with van der Waals surface area (Å²) >= 11 is 0. The van der Waals surface area contributed by atoms with Crippen molar-refractivity contribution in [1.29, 1.82) is 5.26 Å². The Hall–Kier alpha value is -1.76. The molecule has 2 aliphatic rings. The van der Waals surface area contributed by atoms with Crippen LogP contribution in [0.2, 0.25) is 0 Å². The molecule has 0 atom stereocenters. The molecule has 1 aromatic rings. The van der Waals surface area contributed by atoms with Crippen LogP contribution in [0.15, 0.2) is 12.1 Å². The molecule has 0 N–H and O–H groups in total. The van der Waals surface area contributed by atoms with E-state index in [1.807, 2.05) is 12.1 Å². The Morgan fingerprint density at radius 1 is 0.889 bits per heavy atom. The monoisotopic (exact) mass is 242 g/mol. The predicted octanol–water partition coefficient (Wildman–Crippen LogP) is 2.15. The van der Waals surface area contributed by atoms with E-state index < -0.39 is 0 Å². The zero-order chi connectivity index (χ0) is 12.4. The first-order valence-corrected chi connectivity index (χ1v) is 6.79. The van der Waals surface area contributed by atoms with Crippen LogP contribution < -0.4 is 9.80 Å². The molecule has 18 heavy (non-hydrogen) atoms. The van der Waals surface area contributed by atoms with Crippen molar-refractivity contribution < 1.29 is 0 Å². The van der Waals surface area contributed by atoms with Crippen LogP contribution in [0.5, 0.6) is 0 Å². The van der Waals surface area contributed by atoms with Crippen molar-refractivity contribution >= 4 is 11.6 Å². The van der Waals surface area contributed by atoms with E-state index in [0.29, 0.717) is 0 Å². The highest BCUT2D eigenvalue weighted by molar-refractivity contribution is 5.55. The first-order chi connectivity index (χ1) is 8.86. The molecule has 94 valence electrons. The molecule has 4 heteroatoms.